The van der Waals surface area contributed by atoms with E-state index in [1.807, 2.05) is 6.07 Å². The molecular weight excluding hydrogens is 287 g/mol. The fourth-order valence-corrected chi connectivity index (χ4v) is 3.77. The molecule has 0 radical (unpaired) electrons. The Bertz CT molecular complexity index is 484. The molecule has 1 aromatic rings. The van der Waals surface area contributed by atoms with E-state index in [-0.39, 0.29) is 22.9 Å². The predicted molar refractivity (Wildman–Crippen MR) is 86.0 cm³/mol. The van der Waals surface area contributed by atoms with Crippen molar-refractivity contribution >= 4 is 11.6 Å². The highest BCUT2D eigenvalue weighted by atomic mass is 35.5. The highest BCUT2D eigenvalue weighted by Gasteiger charge is 2.38. The van der Waals surface area contributed by atoms with Crippen LogP contribution in [0.25, 0.3) is 0 Å². The van der Waals surface area contributed by atoms with E-state index in [4.69, 9.17) is 11.6 Å². The topological polar surface area (TPSA) is 20.2 Å². The minimum absolute atomic E-state index is 0.140. The summed E-state index contributed by atoms with van der Waals surface area (Å²) >= 11 is 6.08. The molecule has 0 aromatic heterocycles. The normalized spacial score (nSPS) is 26.9. The van der Waals surface area contributed by atoms with Gasteiger partial charge in [-0.05, 0) is 60.5 Å². The van der Waals surface area contributed by atoms with Crippen molar-refractivity contribution < 1.29 is 9.50 Å². The van der Waals surface area contributed by atoms with Crippen LogP contribution in [-0.4, -0.2) is 11.7 Å². The van der Waals surface area contributed by atoms with Crippen LogP contribution in [0.2, 0.25) is 5.02 Å². The van der Waals surface area contributed by atoms with Crippen LogP contribution in [-0.2, 0) is 6.42 Å². The third kappa shape index (κ3) is 3.78. The zero-order chi connectivity index (χ0) is 15.7. The van der Waals surface area contributed by atoms with Crippen LogP contribution in [0.4, 0.5) is 4.39 Å². The molecule has 3 heteroatoms. The summed E-state index contributed by atoms with van der Waals surface area (Å²) in [6.07, 6.45) is 4.88. The number of halogens is 2. The SMILES string of the molecule is CC(C)(C)C1CCC(CO)(Cc2cccc(F)c2Cl)CC1. The zero-order valence-corrected chi connectivity index (χ0v) is 14.0. The molecule has 0 amide bonds. The molecule has 118 valence electrons. The lowest BCUT2D eigenvalue weighted by atomic mass is 9.62. The number of benzene rings is 1. The van der Waals surface area contributed by atoms with Gasteiger partial charge in [0.05, 0.1) is 5.02 Å². The number of hydrogen-bond donors (Lipinski definition) is 1. The molecule has 0 spiro atoms. The molecule has 21 heavy (non-hydrogen) atoms. The first-order valence-electron chi connectivity index (χ1n) is 7.81. The van der Waals surface area contributed by atoms with E-state index in [2.05, 4.69) is 20.8 Å². The highest BCUT2D eigenvalue weighted by Crippen LogP contribution is 2.47. The van der Waals surface area contributed by atoms with Gasteiger partial charge in [0.1, 0.15) is 5.82 Å². The van der Waals surface area contributed by atoms with E-state index in [0.717, 1.165) is 31.2 Å². The summed E-state index contributed by atoms with van der Waals surface area (Å²) in [7, 11) is 0. The Labute approximate surface area is 132 Å². The summed E-state index contributed by atoms with van der Waals surface area (Å²) in [5.74, 6) is 0.325. The monoisotopic (exact) mass is 312 g/mol. The van der Waals surface area contributed by atoms with E-state index in [0.29, 0.717) is 17.8 Å². The number of rotatable bonds is 3. The first-order valence-corrected chi connectivity index (χ1v) is 8.19. The quantitative estimate of drug-likeness (QED) is 0.809. The van der Waals surface area contributed by atoms with Crippen molar-refractivity contribution in [1.82, 2.24) is 0 Å². The third-order valence-electron chi connectivity index (χ3n) is 5.20. The maximum absolute atomic E-state index is 13.6. The van der Waals surface area contributed by atoms with Crippen molar-refractivity contribution in [2.24, 2.45) is 16.7 Å². The highest BCUT2D eigenvalue weighted by molar-refractivity contribution is 6.31. The smallest absolute Gasteiger partial charge is 0.142 e. The van der Waals surface area contributed by atoms with Gasteiger partial charge in [-0.25, -0.2) is 4.39 Å². The molecule has 1 saturated carbocycles. The maximum Gasteiger partial charge on any atom is 0.142 e. The van der Waals surface area contributed by atoms with Crippen molar-refractivity contribution in [3.8, 4) is 0 Å². The summed E-state index contributed by atoms with van der Waals surface area (Å²) in [5, 5.41) is 10.1. The van der Waals surface area contributed by atoms with Gasteiger partial charge in [0, 0.05) is 6.61 Å². The molecule has 0 heterocycles. The van der Waals surface area contributed by atoms with E-state index in [1.165, 1.54) is 6.07 Å². The molecule has 0 bridgehead atoms. The van der Waals surface area contributed by atoms with Crippen molar-refractivity contribution in [2.45, 2.75) is 52.9 Å². The van der Waals surface area contributed by atoms with Crippen molar-refractivity contribution in [3.05, 3.63) is 34.6 Å². The molecule has 2 rings (SSSR count). The third-order valence-corrected chi connectivity index (χ3v) is 5.63. The van der Waals surface area contributed by atoms with Gasteiger partial charge in [0.15, 0.2) is 0 Å². The molecule has 1 aliphatic carbocycles. The zero-order valence-electron chi connectivity index (χ0n) is 13.3. The lowest BCUT2D eigenvalue weighted by molar-refractivity contribution is 0.0369. The lowest BCUT2D eigenvalue weighted by Gasteiger charge is -2.43. The molecule has 0 unspecified atom stereocenters. The standard InChI is InChI=1S/C18H26ClFO/c1-17(2,3)14-7-9-18(12-21,10-8-14)11-13-5-4-6-15(20)16(13)19/h4-6,14,21H,7-12H2,1-3H3. The second kappa shape index (κ2) is 6.26. The average molecular weight is 313 g/mol. The fraction of sp³-hybridized carbons (Fsp3) is 0.667. The van der Waals surface area contributed by atoms with Crippen molar-refractivity contribution in [3.63, 3.8) is 0 Å². The van der Waals surface area contributed by atoms with Gasteiger partial charge < -0.3 is 5.11 Å². The fourth-order valence-electron chi connectivity index (χ4n) is 3.58. The first kappa shape index (κ1) is 16.8. The van der Waals surface area contributed by atoms with E-state index in [9.17, 15) is 9.50 Å². The van der Waals surface area contributed by atoms with Gasteiger partial charge >= 0.3 is 0 Å². The largest absolute Gasteiger partial charge is 0.396 e. The summed E-state index contributed by atoms with van der Waals surface area (Å²) in [5.41, 5.74) is 0.997. The molecule has 1 N–H and O–H groups in total. The minimum Gasteiger partial charge on any atom is -0.396 e. The van der Waals surface area contributed by atoms with Gasteiger partial charge in [0.2, 0.25) is 0 Å². The van der Waals surface area contributed by atoms with Crippen LogP contribution < -0.4 is 0 Å². The van der Waals surface area contributed by atoms with Crippen LogP contribution in [0.5, 0.6) is 0 Å². The van der Waals surface area contributed by atoms with Crippen molar-refractivity contribution in [2.75, 3.05) is 6.61 Å². The molecule has 1 nitrogen and oxygen atoms in total. The Kier molecular flexibility index (Phi) is 4.99. The Morgan fingerprint density at radius 3 is 2.43 bits per heavy atom. The average Bonchev–Trinajstić information content (AvgIpc) is 2.43. The molecule has 0 saturated heterocycles. The van der Waals surface area contributed by atoms with E-state index in [1.54, 1.807) is 6.07 Å². The Morgan fingerprint density at radius 1 is 1.29 bits per heavy atom. The summed E-state index contributed by atoms with van der Waals surface area (Å²) in [4.78, 5) is 0. The summed E-state index contributed by atoms with van der Waals surface area (Å²) in [6, 6.07) is 4.95. The molecule has 1 fully saturated rings. The van der Waals surface area contributed by atoms with Crippen molar-refractivity contribution in [1.29, 1.82) is 0 Å². The second-order valence-corrected chi connectivity index (χ2v) is 8.07. The first-order chi connectivity index (χ1) is 9.77. The van der Waals surface area contributed by atoms with Gasteiger partial charge in [-0.1, -0.05) is 44.5 Å². The molecule has 0 aliphatic heterocycles. The van der Waals surface area contributed by atoms with Crippen LogP contribution >= 0.6 is 11.6 Å². The van der Waals surface area contributed by atoms with E-state index >= 15 is 0 Å². The predicted octanol–water partition coefficient (Wildman–Crippen LogP) is 5.24. The summed E-state index contributed by atoms with van der Waals surface area (Å²) < 4.78 is 13.6. The van der Waals surface area contributed by atoms with Gasteiger partial charge in [0.25, 0.3) is 0 Å². The Balaban J connectivity index is 2.12. The van der Waals surface area contributed by atoms with Crippen LogP contribution in [0.15, 0.2) is 18.2 Å². The maximum atomic E-state index is 13.6. The van der Waals surface area contributed by atoms with Crippen LogP contribution in [0.3, 0.4) is 0 Å². The number of aliphatic hydroxyl groups excluding tert-OH is 1. The molecule has 1 aromatic carbocycles. The van der Waals surface area contributed by atoms with Crippen LogP contribution in [0, 0.1) is 22.6 Å². The van der Waals surface area contributed by atoms with Gasteiger partial charge in [-0.15, -0.1) is 0 Å². The Morgan fingerprint density at radius 2 is 1.90 bits per heavy atom. The lowest BCUT2D eigenvalue weighted by Crippen LogP contribution is -2.36. The van der Waals surface area contributed by atoms with E-state index < -0.39 is 0 Å². The molecular formula is C18H26ClFO. The summed E-state index contributed by atoms with van der Waals surface area (Å²) in [6.45, 7) is 7.00. The van der Waals surface area contributed by atoms with Crippen LogP contribution in [0.1, 0.15) is 52.0 Å². The number of hydrogen-bond acceptors (Lipinski definition) is 1. The number of aliphatic hydroxyl groups is 1. The second-order valence-electron chi connectivity index (χ2n) is 7.69. The molecule has 0 atom stereocenters. The molecule has 1 aliphatic rings. The van der Waals surface area contributed by atoms with Gasteiger partial charge in [-0.3, -0.25) is 0 Å². The Hall–Kier alpha value is -0.600. The minimum atomic E-state index is -0.370. The van der Waals surface area contributed by atoms with Gasteiger partial charge in [-0.2, -0.15) is 0 Å².